The van der Waals surface area contributed by atoms with Gasteiger partial charge >= 0.3 is 6.18 Å². The molecule has 1 saturated heterocycles. The molecule has 0 bridgehead atoms. The SMILES string of the molecule is CC1CCN(c2ncc(NCC3CCC(N)CC3)cc2C(F)(F)F)CC1. The summed E-state index contributed by atoms with van der Waals surface area (Å²) in [4.78, 5) is 5.97. The second kappa shape index (κ2) is 8.03. The standard InChI is InChI=1S/C19H29F3N4/c1-13-6-8-26(9-7-13)18-17(19(20,21)22)10-16(12-25-18)24-11-14-2-4-15(23)5-3-14/h10,12-15,24H,2-9,11,23H2,1H3. The first kappa shape index (κ1) is 19.3. The van der Waals surface area contributed by atoms with Crippen molar-refractivity contribution >= 4 is 11.5 Å². The minimum absolute atomic E-state index is 0.0681. The van der Waals surface area contributed by atoms with Gasteiger partial charge in [0.25, 0.3) is 0 Å². The van der Waals surface area contributed by atoms with Crippen LogP contribution in [0.3, 0.4) is 0 Å². The van der Waals surface area contributed by atoms with Gasteiger partial charge in [0.15, 0.2) is 0 Å². The Morgan fingerprint density at radius 3 is 2.42 bits per heavy atom. The minimum atomic E-state index is -4.40. The highest BCUT2D eigenvalue weighted by Gasteiger charge is 2.37. The van der Waals surface area contributed by atoms with E-state index in [1.54, 1.807) is 4.90 Å². The van der Waals surface area contributed by atoms with Gasteiger partial charge in [0.2, 0.25) is 0 Å². The van der Waals surface area contributed by atoms with Crippen LogP contribution in [0.4, 0.5) is 24.7 Å². The second-order valence-electron chi connectivity index (χ2n) is 7.92. The maximum absolute atomic E-state index is 13.6. The van der Waals surface area contributed by atoms with Crippen LogP contribution >= 0.6 is 0 Å². The Kier molecular flexibility index (Phi) is 5.95. The fraction of sp³-hybridized carbons (Fsp3) is 0.737. The lowest BCUT2D eigenvalue weighted by atomic mass is 9.86. The Hall–Kier alpha value is -1.50. The lowest BCUT2D eigenvalue weighted by molar-refractivity contribution is -0.137. The lowest BCUT2D eigenvalue weighted by Crippen LogP contribution is -2.35. The van der Waals surface area contributed by atoms with Crippen LogP contribution in [0.15, 0.2) is 12.3 Å². The Morgan fingerprint density at radius 2 is 1.81 bits per heavy atom. The maximum Gasteiger partial charge on any atom is 0.420 e. The predicted molar refractivity (Wildman–Crippen MR) is 98.3 cm³/mol. The summed E-state index contributed by atoms with van der Waals surface area (Å²) in [5, 5.41) is 3.16. The monoisotopic (exact) mass is 370 g/mol. The molecule has 1 aromatic rings. The third-order valence-corrected chi connectivity index (χ3v) is 5.74. The third-order valence-electron chi connectivity index (χ3n) is 5.74. The largest absolute Gasteiger partial charge is 0.420 e. The number of alkyl halides is 3. The first-order valence-electron chi connectivity index (χ1n) is 9.64. The predicted octanol–water partition coefficient (Wildman–Crippen LogP) is 4.27. The average molecular weight is 370 g/mol. The molecule has 1 aromatic heterocycles. The van der Waals surface area contributed by atoms with Crippen LogP contribution in [-0.2, 0) is 6.18 Å². The van der Waals surface area contributed by atoms with Crippen molar-refractivity contribution in [2.24, 2.45) is 17.6 Å². The van der Waals surface area contributed by atoms with E-state index in [1.807, 2.05) is 0 Å². The highest BCUT2D eigenvalue weighted by Crippen LogP contribution is 2.38. The highest BCUT2D eigenvalue weighted by molar-refractivity contribution is 5.56. The van der Waals surface area contributed by atoms with Crippen molar-refractivity contribution in [1.82, 2.24) is 4.98 Å². The minimum Gasteiger partial charge on any atom is -0.384 e. The van der Waals surface area contributed by atoms with Crippen molar-refractivity contribution < 1.29 is 13.2 Å². The normalized spacial score (nSPS) is 25.3. The molecular weight excluding hydrogens is 341 g/mol. The molecule has 3 rings (SSSR count). The molecular formula is C19H29F3N4. The maximum atomic E-state index is 13.6. The molecule has 0 unspecified atom stereocenters. The fourth-order valence-electron chi connectivity index (χ4n) is 3.89. The molecule has 2 heterocycles. The van der Waals surface area contributed by atoms with Gasteiger partial charge in [-0.05, 0) is 56.4 Å². The number of aromatic nitrogens is 1. The number of piperidine rings is 1. The van der Waals surface area contributed by atoms with Crippen molar-refractivity contribution in [2.75, 3.05) is 29.9 Å². The summed E-state index contributed by atoms with van der Waals surface area (Å²) in [5.74, 6) is 1.09. The molecule has 2 fully saturated rings. The molecule has 146 valence electrons. The molecule has 0 amide bonds. The van der Waals surface area contributed by atoms with Gasteiger partial charge in [-0.3, -0.25) is 0 Å². The zero-order valence-corrected chi connectivity index (χ0v) is 15.4. The molecule has 4 nitrogen and oxygen atoms in total. The topological polar surface area (TPSA) is 54.2 Å². The molecule has 26 heavy (non-hydrogen) atoms. The second-order valence-corrected chi connectivity index (χ2v) is 7.92. The molecule has 0 aromatic carbocycles. The molecule has 0 spiro atoms. The van der Waals surface area contributed by atoms with Gasteiger partial charge in [0.05, 0.1) is 11.9 Å². The van der Waals surface area contributed by atoms with E-state index in [1.165, 1.54) is 12.3 Å². The number of nitrogens with zero attached hydrogens (tertiary/aromatic N) is 2. The number of halogens is 3. The van der Waals surface area contributed by atoms with E-state index in [0.717, 1.165) is 38.5 Å². The highest BCUT2D eigenvalue weighted by atomic mass is 19.4. The summed E-state index contributed by atoms with van der Waals surface area (Å²) >= 11 is 0. The van der Waals surface area contributed by atoms with Crippen molar-refractivity contribution in [1.29, 1.82) is 0 Å². The number of nitrogens with one attached hydrogen (secondary N) is 1. The fourth-order valence-corrected chi connectivity index (χ4v) is 3.89. The van der Waals surface area contributed by atoms with Crippen molar-refractivity contribution in [3.63, 3.8) is 0 Å². The van der Waals surface area contributed by atoms with Gasteiger partial charge in [-0.1, -0.05) is 6.92 Å². The van der Waals surface area contributed by atoms with Crippen LogP contribution < -0.4 is 16.0 Å². The summed E-state index contributed by atoms with van der Waals surface area (Å²) in [6.07, 6.45) is 2.98. The van der Waals surface area contributed by atoms with E-state index in [4.69, 9.17) is 5.73 Å². The van der Waals surface area contributed by atoms with Crippen LogP contribution in [0.25, 0.3) is 0 Å². The smallest absolute Gasteiger partial charge is 0.384 e. The summed E-state index contributed by atoms with van der Waals surface area (Å²) in [6, 6.07) is 1.49. The summed E-state index contributed by atoms with van der Waals surface area (Å²) in [5.41, 5.74) is 5.72. The van der Waals surface area contributed by atoms with Crippen molar-refractivity contribution in [2.45, 2.75) is 57.7 Å². The van der Waals surface area contributed by atoms with Crippen LogP contribution in [0.2, 0.25) is 0 Å². The van der Waals surface area contributed by atoms with E-state index < -0.39 is 11.7 Å². The van der Waals surface area contributed by atoms with Crippen molar-refractivity contribution in [3.8, 4) is 0 Å². The van der Waals surface area contributed by atoms with E-state index in [-0.39, 0.29) is 11.9 Å². The summed E-state index contributed by atoms with van der Waals surface area (Å²) in [6.45, 7) is 4.07. The van der Waals surface area contributed by atoms with Crippen molar-refractivity contribution in [3.05, 3.63) is 17.8 Å². The molecule has 3 N–H and O–H groups in total. The van der Waals surface area contributed by atoms with Gasteiger partial charge in [0, 0.05) is 25.7 Å². The van der Waals surface area contributed by atoms with Crippen LogP contribution in [-0.4, -0.2) is 30.7 Å². The third kappa shape index (κ3) is 4.81. The zero-order valence-electron chi connectivity index (χ0n) is 15.4. The number of nitrogens with two attached hydrogens (primary N) is 1. The first-order valence-corrected chi connectivity index (χ1v) is 9.64. The van der Waals surface area contributed by atoms with E-state index in [0.29, 0.717) is 37.2 Å². The Labute approximate surface area is 153 Å². The number of pyridine rings is 1. The first-order chi connectivity index (χ1) is 12.3. The molecule has 7 heteroatoms. The van der Waals surface area contributed by atoms with Crippen LogP contribution in [0, 0.1) is 11.8 Å². The number of anilines is 2. The van der Waals surface area contributed by atoms with E-state index in [2.05, 4.69) is 17.2 Å². The molecule has 2 aliphatic rings. The Morgan fingerprint density at radius 1 is 1.15 bits per heavy atom. The van der Waals surface area contributed by atoms with Crippen LogP contribution in [0.5, 0.6) is 0 Å². The lowest BCUT2D eigenvalue weighted by Gasteiger charge is -2.33. The van der Waals surface area contributed by atoms with E-state index in [9.17, 15) is 13.2 Å². The molecule has 0 radical (unpaired) electrons. The van der Waals surface area contributed by atoms with Gasteiger partial charge < -0.3 is 16.0 Å². The zero-order chi connectivity index (χ0) is 18.7. The van der Waals surface area contributed by atoms with Gasteiger partial charge in [0.1, 0.15) is 11.4 Å². The molecule has 1 saturated carbocycles. The Bertz CT molecular complexity index is 589. The van der Waals surface area contributed by atoms with Crippen LogP contribution in [0.1, 0.15) is 51.0 Å². The van der Waals surface area contributed by atoms with E-state index >= 15 is 0 Å². The van der Waals surface area contributed by atoms with Gasteiger partial charge in [-0.2, -0.15) is 13.2 Å². The Balaban J connectivity index is 1.70. The quantitative estimate of drug-likeness (QED) is 0.831. The number of hydrogen-bond acceptors (Lipinski definition) is 4. The molecule has 1 aliphatic carbocycles. The summed E-state index contributed by atoms with van der Waals surface area (Å²) < 4.78 is 40.8. The van der Waals surface area contributed by atoms with Gasteiger partial charge in [-0.25, -0.2) is 4.98 Å². The molecule has 0 atom stereocenters. The number of hydrogen-bond donors (Lipinski definition) is 2. The summed E-state index contributed by atoms with van der Waals surface area (Å²) in [7, 11) is 0. The number of rotatable bonds is 4. The molecule has 1 aliphatic heterocycles. The average Bonchev–Trinajstić information content (AvgIpc) is 2.61. The van der Waals surface area contributed by atoms with Gasteiger partial charge in [-0.15, -0.1) is 0 Å².